The Morgan fingerprint density at radius 1 is 0.333 bits per heavy atom. The summed E-state index contributed by atoms with van der Waals surface area (Å²) >= 11 is 1.87. The quantitative estimate of drug-likeness (QED) is 0.162. The molecule has 0 unspecified atom stereocenters. The molecular formula is C54H35NOS. The summed E-state index contributed by atoms with van der Waals surface area (Å²) in [6.45, 7) is 0. The molecule has 57 heavy (non-hydrogen) atoms. The van der Waals surface area contributed by atoms with Gasteiger partial charge in [-0.05, 0) is 93.5 Å². The average Bonchev–Trinajstić information content (AvgIpc) is 3.87. The highest BCUT2D eigenvalue weighted by molar-refractivity contribution is 7.26. The third-order valence-electron chi connectivity index (χ3n) is 11.1. The summed E-state index contributed by atoms with van der Waals surface area (Å²) in [7, 11) is 0. The van der Waals surface area contributed by atoms with E-state index < -0.39 is 0 Å². The topological polar surface area (TPSA) is 16.4 Å². The summed E-state index contributed by atoms with van der Waals surface area (Å²) < 4.78 is 9.08. The standard InChI is InChI=1S/C54H35NOS/c1-3-13-36(14-4-1)40-33-41(37-15-5-2-6-16-37)35-44(34-40)55(42-29-25-38(26-30-42)45-19-11-21-49-47-17-7-9-23-51(47)56-53(45)49)43-31-27-39(28-32-43)46-20-12-22-50-48-18-8-10-24-52(48)57-54(46)50/h1-35H. The molecule has 0 fully saturated rings. The van der Waals surface area contributed by atoms with E-state index in [-0.39, 0.29) is 0 Å². The minimum atomic E-state index is 0.905. The van der Waals surface area contributed by atoms with Crippen LogP contribution in [0.15, 0.2) is 217 Å². The smallest absolute Gasteiger partial charge is 0.143 e. The lowest BCUT2D eigenvalue weighted by Gasteiger charge is -2.27. The summed E-state index contributed by atoms with van der Waals surface area (Å²) in [5, 5.41) is 4.89. The van der Waals surface area contributed by atoms with Gasteiger partial charge >= 0.3 is 0 Å². The number of hydrogen-bond acceptors (Lipinski definition) is 3. The van der Waals surface area contributed by atoms with Crippen LogP contribution in [0.25, 0.3) is 86.6 Å². The van der Waals surface area contributed by atoms with Gasteiger partial charge < -0.3 is 9.32 Å². The number of rotatable bonds is 7. The zero-order valence-electron chi connectivity index (χ0n) is 31.0. The summed E-state index contributed by atoms with van der Waals surface area (Å²) in [5.41, 5.74) is 14.4. The van der Waals surface area contributed by atoms with Crippen molar-refractivity contribution in [2.75, 3.05) is 4.90 Å². The van der Waals surface area contributed by atoms with Gasteiger partial charge in [0.2, 0.25) is 0 Å². The maximum Gasteiger partial charge on any atom is 0.143 e. The monoisotopic (exact) mass is 745 g/mol. The predicted molar refractivity (Wildman–Crippen MR) is 243 cm³/mol. The molecule has 268 valence electrons. The van der Waals surface area contributed by atoms with E-state index in [0.29, 0.717) is 0 Å². The Labute approximate surface area is 335 Å². The lowest BCUT2D eigenvalue weighted by atomic mass is 9.97. The van der Waals surface area contributed by atoms with E-state index in [2.05, 4.69) is 205 Å². The first kappa shape index (κ1) is 33.2. The van der Waals surface area contributed by atoms with Gasteiger partial charge in [0.05, 0.1) is 0 Å². The van der Waals surface area contributed by atoms with Crippen molar-refractivity contribution in [3.05, 3.63) is 212 Å². The maximum atomic E-state index is 6.45. The van der Waals surface area contributed by atoms with Gasteiger partial charge in [-0.25, -0.2) is 0 Å². The predicted octanol–water partition coefficient (Wildman–Crippen LogP) is 16.1. The van der Waals surface area contributed by atoms with Gasteiger partial charge in [0.25, 0.3) is 0 Å². The molecule has 0 saturated carbocycles. The fourth-order valence-electron chi connectivity index (χ4n) is 8.31. The molecule has 2 aromatic heterocycles. The van der Waals surface area contributed by atoms with Gasteiger partial charge in [0.1, 0.15) is 11.2 Å². The van der Waals surface area contributed by atoms with Crippen molar-refractivity contribution in [3.63, 3.8) is 0 Å². The number of fused-ring (bicyclic) bond motifs is 6. The van der Waals surface area contributed by atoms with Gasteiger partial charge in [0, 0.05) is 53.6 Å². The Bertz CT molecular complexity index is 3000. The van der Waals surface area contributed by atoms with E-state index in [1.807, 2.05) is 23.5 Å². The van der Waals surface area contributed by atoms with Crippen molar-refractivity contribution in [3.8, 4) is 44.5 Å². The second-order valence-corrected chi connectivity index (χ2v) is 15.5. The van der Waals surface area contributed by atoms with E-state index in [4.69, 9.17) is 4.42 Å². The van der Waals surface area contributed by atoms with Crippen LogP contribution >= 0.6 is 11.3 Å². The zero-order valence-corrected chi connectivity index (χ0v) is 31.8. The molecule has 0 amide bonds. The van der Waals surface area contributed by atoms with Crippen LogP contribution < -0.4 is 4.90 Å². The van der Waals surface area contributed by atoms with Crippen molar-refractivity contribution in [2.24, 2.45) is 0 Å². The molecule has 2 heterocycles. The Hall–Kier alpha value is -7.20. The first-order valence-electron chi connectivity index (χ1n) is 19.3. The molecule has 2 nitrogen and oxygen atoms in total. The molecule has 0 spiro atoms. The van der Waals surface area contributed by atoms with Crippen molar-refractivity contribution in [2.45, 2.75) is 0 Å². The van der Waals surface area contributed by atoms with Crippen molar-refractivity contribution in [1.82, 2.24) is 0 Å². The van der Waals surface area contributed by atoms with Crippen LogP contribution in [0.1, 0.15) is 0 Å². The minimum Gasteiger partial charge on any atom is -0.455 e. The third-order valence-corrected chi connectivity index (χ3v) is 12.3. The molecule has 11 aromatic rings. The van der Waals surface area contributed by atoms with Gasteiger partial charge in [-0.15, -0.1) is 11.3 Å². The number of anilines is 3. The Balaban J connectivity index is 1.07. The zero-order chi connectivity index (χ0) is 37.7. The summed E-state index contributed by atoms with van der Waals surface area (Å²) in [5.74, 6) is 0. The molecule has 0 bridgehead atoms. The van der Waals surface area contributed by atoms with E-state index in [9.17, 15) is 0 Å². The van der Waals surface area contributed by atoms with Crippen molar-refractivity contribution < 1.29 is 4.42 Å². The van der Waals surface area contributed by atoms with Crippen LogP contribution in [0.3, 0.4) is 0 Å². The number of furan rings is 1. The fraction of sp³-hybridized carbons (Fsp3) is 0. The van der Waals surface area contributed by atoms with E-state index in [1.54, 1.807) is 0 Å². The van der Waals surface area contributed by atoms with Crippen LogP contribution in [0.4, 0.5) is 17.1 Å². The second-order valence-electron chi connectivity index (χ2n) is 14.5. The fourth-order valence-corrected chi connectivity index (χ4v) is 9.55. The van der Waals surface area contributed by atoms with Gasteiger partial charge in [0.15, 0.2) is 0 Å². The molecule has 0 saturated heterocycles. The molecule has 0 aliphatic rings. The van der Waals surface area contributed by atoms with Gasteiger partial charge in [-0.3, -0.25) is 0 Å². The van der Waals surface area contributed by atoms with Crippen LogP contribution in [0.2, 0.25) is 0 Å². The van der Waals surface area contributed by atoms with Gasteiger partial charge in [-0.2, -0.15) is 0 Å². The molecule has 0 N–H and O–H groups in total. The molecule has 0 radical (unpaired) electrons. The summed E-state index contributed by atoms with van der Waals surface area (Å²) in [6, 6.07) is 76.4. The number of hydrogen-bond donors (Lipinski definition) is 0. The highest BCUT2D eigenvalue weighted by Gasteiger charge is 2.18. The number of benzene rings is 9. The SMILES string of the molecule is c1ccc(-c2cc(-c3ccccc3)cc(N(c3ccc(-c4cccc5c4oc4ccccc45)cc3)c3ccc(-c4cccc5c4sc4ccccc45)cc3)c2)cc1. The number of thiophene rings is 1. The molecule has 3 heteroatoms. The largest absolute Gasteiger partial charge is 0.455 e. The van der Waals surface area contributed by atoms with Crippen molar-refractivity contribution >= 4 is 70.5 Å². The second kappa shape index (κ2) is 13.8. The van der Waals surface area contributed by atoms with E-state index in [1.165, 1.54) is 42.4 Å². The number of nitrogens with zero attached hydrogens (tertiary/aromatic N) is 1. The number of para-hydroxylation sites is 2. The Morgan fingerprint density at radius 3 is 1.53 bits per heavy atom. The van der Waals surface area contributed by atoms with Crippen LogP contribution in [0, 0.1) is 0 Å². The van der Waals surface area contributed by atoms with Crippen LogP contribution in [-0.2, 0) is 0 Å². The average molecular weight is 746 g/mol. The maximum absolute atomic E-state index is 6.45. The lowest BCUT2D eigenvalue weighted by Crippen LogP contribution is -2.10. The Morgan fingerprint density at radius 2 is 0.860 bits per heavy atom. The molecule has 11 rings (SSSR count). The molecule has 0 atom stereocenters. The van der Waals surface area contributed by atoms with Crippen molar-refractivity contribution in [1.29, 1.82) is 0 Å². The normalized spacial score (nSPS) is 11.5. The first-order valence-corrected chi connectivity index (χ1v) is 20.1. The summed E-state index contributed by atoms with van der Waals surface area (Å²) in [6.07, 6.45) is 0. The first-order chi connectivity index (χ1) is 28.2. The molecule has 0 aliphatic heterocycles. The molecule has 0 aliphatic carbocycles. The van der Waals surface area contributed by atoms with Crippen LogP contribution in [0.5, 0.6) is 0 Å². The van der Waals surface area contributed by atoms with Gasteiger partial charge in [-0.1, -0.05) is 158 Å². The van der Waals surface area contributed by atoms with Crippen LogP contribution in [-0.4, -0.2) is 0 Å². The minimum absolute atomic E-state index is 0.905. The lowest BCUT2D eigenvalue weighted by molar-refractivity contribution is 0.670. The van der Waals surface area contributed by atoms with E-state index in [0.717, 1.165) is 61.3 Å². The highest BCUT2D eigenvalue weighted by atomic mass is 32.1. The highest BCUT2D eigenvalue weighted by Crippen LogP contribution is 2.44. The Kier molecular flexibility index (Phi) is 8.04. The molecular weight excluding hydrogens is 711 g/mol. The van der Waals surface area contributed by atoms with E-state index >= 15 is 0 Å². The third kappa shape index (κ3) is 5.88. The molecule has 9 aromatic carbocycles. The summed E-state index contributed by atoms with van der Waals surface area (Å²) in [4.78, 5) is 2.38.